The van der Waals surface area contributed by atoms with Gasteiger partial charge in [-0.05, 0) is 112 Å². The Kier molecular flexibility index (Phi) is 1.74. The minimum Gasteiger partial charge on any atom is -0.0622 e. The maximum atomic E-state index is 2.86. The molecular weight excluding hydrogens is 300 g/mol. The van der Waals surface area contributed by atoms with E-state index in [1.54, 1.807) is 25.7 Å². The van der Waals surface area contributed by atoms with Crippen molar-refractivity contribution in [3.05, 3.63) is 0 Å². The van der Waals surface area contributed by atoms with Crippen LogP contribution >= 0.6 is 0 Å². The third-order valence-electron chi connectivity index (χ3n) is 15.1. The molecule has 25 heavy (non-hydrogen) atoms. The van der Waals surface area contributed by atoms with Crippen LogP contribution in [0, 0.1) is 86.3 Å². The summed E-state index contributed by atoms with van der Waals surface area (Å²) in [6.45, 7) is 16.7. The zero-order chi connectivity index (χ0) is 17.1. The molecule has 0 aliphatic heterocycles. The van der Waals surface area contributed by atoms with Gasteiger partial charge in [0.25, 0.3) is 0 Å². The maximum absolute atomic E-state index is 2.86. The fourth-order valence-corrected chi connectivity index (χ4v) is 14.6. The maximum Gasteiger partial charge on any atom is -0.0170 e. The fraction of sp³-hybridized carbons (Fsp3) is 1.00. The molecule has 8 aliphatic carbocycles. The number of rotatable bonds is 0. The van der Waals surface area contributed by atoms with Crippen LogP contribution in [0.15, 0.2) is 0 Å². The molecule has 0 aromatic heterocycles. The van der Waals surface area contributed by atoms with E-state index in [9.17, 15) is 0 Å². The Labute approximate surface area is 153 Å². The number of hydrogen-bond acceptors (Lipinski definition) is 0. The second kappa shape index (κ2) is 3.10. The van der Waals surface area contributed by atoms with Gasteiger partial charge in [0.2, 0.25) is 0 Å². The quantitative estimate of drug-likeness (QED) is 0.519. The van der Waals surface area contributed by atoms with Crippen molar-refractivity contribution in [2.75, 3.05) is 0 Å². The highest BCUT2D eigenvalue weighted by Crippen LogP contribution is 3.02. The molecule has 3 bridgehead atoms. The van der Waals surface area contributed by atoms with Crippen LogP contribution in [0.5, 0.6) is 0 Å². The lowest BCUT2D eigenvalue weighted by Crippen LogP contribution is -2.90. The molecule has 0 heterocycles. The molecule has 0 aromatic carbocycles. The Morgan fingerprint density at radius 1 is 0.720 bits per heavy atom. The van der Waals surface area contributed by atoms with E-state index in [1.807, 2.05) is 0 Å². The molecule has 136 valence electrons. The average Bonchev–Trinajstić information content (AvgIpc) is 2.77. The first-order valence-corrected chi connectivity index (χ1v) is 11.7. The van der Waals surface area contributed by atoms with Crippen molar-refractivity contribution in [3.63, 3.8) is 0 Å². The minimum atomic E-state index is 0.669. The smallest absolute Gasteiger partial charge is 0.0170 e. The van der Waals surface area contributed by atoms with E-state index >= 15 is 0 Å². The molecule has 15 atom stereocenters. The largest absolute Gasteiger partial charge is 0.0622 e. The zero-order valence-corrected chi connectivity index (χ0v) is 17.1. The van der Waals surface area contributed by atoms with Gasteiger partial charge in [0.15, 0.2) is 0 Å². The average molecular weight is 337 g/mol. The summed E-state index contributed by atoms with van der Waals surface area (Å²) in [5.74, 6) is 10.9. The first kappa shape index (κ1) is 14.1. The zero-order valence-electron chi connectivity index (χ0n) is 17.1. The minimum absolute atomic E-state index is 0.669. The molecule has 0 N–H and O–H groups in total. The molecule has 8 fully saturated rings. The highest BCUT2D eigenvalue weighted by Gasteiger charge is 2.97. The molecule has 0 saturated heterocycles. The van der Waals surface area contributed by atoms with Crippen LogP contribution in [-0.4, -0.2) is 0 Å². The van der Waals surface area contributed by atoms with E-state index in [0.717, 1.165) is 64.6 Å². The Balaban J connectivity index is 1.54. The van der Waals surface area contributed by atoms with Crippen LogP contribution in [0.1, 0.15) is 67.2 Å². The lowest BCUT2D eigenvalue weighted by atomic mass is 9.10. The van der Waals surface area contributed by atoms with Crippen molar-refractivity contribution in [2.24, 2.45) is 86.3 Å². The Hall–Kier alpha value is 0. The number of fused-ring (bicyclic) bond motifs is 7. The van der Waals surface area contributed by atoms with Gasteiger partial charge in [-0.1, -0.05) is 41.5 Å². The van der Waals surface area contributed by atoms with Crippen LogP contribution in [0.2, 0.25) is 0 Å². The standard InChI is InChI=1S/C25H36/c1-11-7-25-9-15-17(11)20-19-16-10-24(8-14(12(25)2)18(15)24)13(3)21(16,4)22(19,5)23(20,25)6/h11-20H,7-10H2,1-6H3. The summed E-state index contributed by atoms with van der Waals surface area (Å²) < 4.78 is 0. The third kappa shape index (κ3) is 0.793. The summed E-state index contributed by atoms with van der Waals surface area (Å²) in [6.07, 6.45) is 6.52. The Bertz CT molecular complexity index is 768. The number of hydrogen-bond donors (Lipinski definition) is 0. The predicted octanol–water partition coefficient (Wildman–Crippen LogP) is 5.87. The van der Waals surface area contributed by atoms with Crippen molar-refractivity contribution >= 4 is 0 Å². The van der Waals surface area contributed by atoms with Gasteiger partial charge < -0.3 is 0 Å². The summed E-state index contributed by atoms with van der Waals surface area (Å²) in [5.41, 5.74) is 3.50. The fourth-order valence-electron chi connectivity index (χ4n) is 14.6. The van der Waals surface area contributed by atoms with Gasteiger partial charge in [-0.3, -0.25) is 0 Å². The SMILES string of the molecule is CC1CC23CC4C1C1C5C6CC7(CC(C47)C2C)C(C)C6(C)C5(C)C13C. The molecule has 8 saturated carbocycles. The molecule has 0 amide bonds. The third-order valence-corrected chi connectivity index (χ3v) is 15.1. The second-order valence-electron chi connectivity index (χ2n) is 13.5. The summed E-state index contributed by atoms with van der Waals surface area (Å²) in [6, 6.07) is 0. The first-order valence-electron chi connectivity index (χ1n) is 11.7. The van der Waals surface area contributed by atoms with Crippen LogP contribution < -0.4 is 0 Å². The van der Waals surface area contributed by atoms with Gasteiger partial charge in [-0.2, -0.15) is 0 Å². The summed E-state index contributed by atoms with van der Waals surface area (Å²) in [4.78, 5) is 0. The first-order chi connectivity index (χ1) is 11.7. The highest BCUT2D eigenvalue weighted by atomic mass is 15.0. The highest BCUT2D eigenvalue weighted by molar-refractivity contribution is 5.44. The lowest BCUT2D eigenvalue weighted by molar-refractivity contribution is -0.473. The Morgan fingerprint density at radius 2 is 1.48 bits per heavy atom. The van der Waals surface area contributed by atoms with Crippen LogP contribution in [0.4, 0.5) is 0 Å². The predicted molar refractivity (Wildman–Crippen MR) is 99.6 cm³/mol. The molecule has 0 radical (unpaired) electrons. The van der Waals surface area contributed by atoms with Crippen LogP contribution in [-0.2, 0) is 0 Å². The van der Waals surface area contributed by atoms with E-state index < -0.39 is 0 Å². The van der Waals surface area contributed by atoms with E-state index in [2.05, 4.69) is 41.5 Å². The molecule has 0 aromatic rings. The molecule has 8 aliphatic rings. The van der Waals surface area contributed by atoms with Crippen molar-refractivity contribution in [3.8, 4) is 0 Å². The molecule has 15 unspecified atom stereocenters. The van der Waals surface area contributed by atoms with Gasteiger partial charge in [0.1, 0.15) is 0 Å². The summed E-state index contributed by atoms with van der Waals surface area (Å²) >= 11 is 0. The van der Waals surface area contributed by atoms with E-state index in [0.29, 0.717) is 21.7 Å². The monoisotopic (exact) mass is 336 g/mol. The molecule has 0 heteroatoms. The van der Waals surface area contributed by atoms with Crippen molar-refractivity contribution < 1.29 is 0 Å². The van der Waals surface area contributed by atoms with Gasteiger partial charge in [-0.25, -0.2) is 0 Å². The molecule has 8 rings (SSSR count). The van der Waals surface area contributed by atoms with Gasteiger partial charge in [0.05, 0.1) is 0 Å². The normalized spacial score (nSPS) is 86.2. The van der Waals surface area contributed by atoms with Crippen LogP contribution in [0.25, 0.3) is 0 Å². The topological polar surface area (TPSA) is 0 Å². The lowest BCUT2D eigenvalue weighted by Gasteiger charge is -2.94. The summed E-state index contributed by atoms with van der Waals surface area (Å²) in [7, 11) is 0. The van der Waals surface area contributed by atoms with Gasteiger partial charge in [0, 0.05) is 0 Å². The van der Waals surface area contributed by atoms with E-state index in [4.69, 9.17) is 0 Å². The molecule has 0 nitrogen and oxygen atoms in total. The molecular formula is C25H36. The van der Waals surface area contributed by atoms with E-state index in [-0.39, 0.29) is 0 Å². The van der Waals surface area contributed by atoms with Gasteiger partial charge >= 0.3 is 0 Å². The molecule has 2 spiro atoms. The Morgan fingerprint density at radius 3 is 2.24 bits per heavy atom. The van der Waals surface area contributed by atoms with Crippen molar-refractivity contribution in [1.82, 2.24) is 0 Å². The van der Waals surface area contributed by atoms with Crippen molar-refractivity contribution in [2.45, 2.75) is 67.2 Å². The van der Waals surface area contributed by atoms with E-state index in [1.165, 1.54) is 0 Å². The second-order valence-corrected chi connectivity index (χ2v) is 13.5. The summed E-state index contributed by atoms with van der Waals surface area (Å²) in [5, 5.41) is 0. The van der Waals surface area contributed by atoms with Crippen LogP contribution in [0.3, 0.4) is 0 Å². The van der Waals surface area contributed by atoms with Crippen molar-refractivity contribution in [1.29, 1.82) is 0 Å². The van der Waals surface area contributed by atoms with Gasteiger partial charge in [-0.15, -0.1) is 0 Å².